The third-order valence-electron chi connectivity index (χ3n) is 4.12. The highest BCUT2D eigenvalue weighted by molar-refractivity contribution is 7.98. The molecule has 2 aromatic rings. The maximum atomic E-state index is 12.3. The zero-order chi connectivity index (χ0) is 16.8. The van der Waals surface area contributed by atoms with Gasteiger partial charge >= 0.3 is 0 Å². The van der Waals surface area contributed by atoms with Crippen molar-refractivity contribution in [2.75, 3.05) is 19.3 Å². The van der Waals surface area contributed by atoms with E-state index in [0.29, 0.717) is 10.7 Å². The highest BCUT2D eigenvalue weighted by Gasteiger charge is 2.21. The lowest BCUT2D eigenvalue weighted by molar-refractivity contribution is 0.0908. The summed E-state index contributed by atoms with van der Waals surface area (Å²) in [5, 5.41) is 3.77. The van der Waals surface area contributed by atoms with Gasteiger partial charge in [-0.05, 0) is 30.7 Å². The van der Waals surface area contributed by atoms with Crippen molar-refractivity contribution in [1.82, 2.24) is 25.2 Å². The molecule has 0 unspecified atom stereocenters. The summed E-state index contributed by atoms with van der Waals surface area (Å²) < 4.78 is 0. The van der Waals surface area contributed by atoms with Crippen molar-refractivity contribution >= 4 is 17.7 Å². The van der Waals surface area contributed by atoms with Crippen molar-refractivity contribution in [2.45, 2.75) is 30.6 Å². The van der Waals surface area contributed by atoms with Crippen molar-refractivity contribution in [1.29, 1.82) is 0 Å². The summed E-state index contributed by atoms with van der Waals surface area (Å²) in [6.45, 7) is 2.86. The average Bonchev–Trinajstić information content (AvgIpc) is 2.64. The number of piperidine rings is 1. The number of hydrogen-bond donors (Lipinski definition) is 1. The van der Waals surface area contributed by atoms with E-state index in [9.17, 15) is 4.79 Å². The zero-order valence-corrected chi connectivity index (χ0v) is 14.5. The second kappa shape index (κ2) is 8.21. The Morgan fingerprint density at radius 3 is 2.67 bits per heavy atom. The lowest BCUT2D eigenvalue weighted by Gasteiger charge is -2.32. The van der Waals surface area contributed by atoms with Gasteiger partial charge in [0.05, 0.1) is 5.56 Å². The molecular formula is C17H21N5OS. The largest absolute Gasteiger partial charge is 0.349 e. The SMILES string of the molecule is CSc1ncc(C(=O)NC2CCN(Cc3cccnc3)CC2)cn1. The van der Waals surface area contributed by atoms with Gasteiger partial charge in [0.2, 0.25) is 0 Å². The Labute approximate surface area is 146 Å². The molecule has 6 nitrogen and oxygen atoms in total. The van der Waals surface area contributed by atoms with Crippen LogP contribution in [0, 0.1) is 0 Å². The number of nitrogens with one attached hydrogen (secondary N) is 1. The van der Waals surface area contributed by atoms with Gasteiger partial charge in [-0.1, -0.05) is 17.8 Å². The first-order valence-electron chi connectivity index (χ1n) is 8.03. The molecule has 24 heavy (non-hydrogen) atoms. The molecule has 2 aromatic heterocycles. The van der Waals surface area contributed by atoms with E-state index in [2.05, 4.69) is 31.2 Å². The maximum Gasteiger partial charge on any atom is 0.254 e. The first-order chi connectivity index (χ1) is 11.7. The molecule has 0 aromatic carbocycles. The lowest BCUT2D eigenvalue weighted by atomic mass is 10.0. The molecule has 126 valence electrons. The van der Waals surface area contributed by atoms with Gasteiger partial charge in [0.15, 0.2) is 5.16 Å². The summed E-state index contributed by atoms with van der Waals surface area (Å²) in [6, 6.07) is 4.27. The topological polar surface area (TPSA) is 71.0 Å². The molecule has 3 heterocycles. The van der Waals surface area contributed by atoms with Gasteiger partial charge in [0.25, 0.3) is 5.91 Å². The first kappa shape index (κ1) is 16.9. The van der Waals surface area contributed by atoms with Crippen LogP contribution in [0.1, 0.15) is 28.8 Å². The summed E-state index contributed by atoms with van der Waals surface area (Å²) in [5.41, 5.74) is 1.75. The first-order valence-corrected chi connectivity index (χ1v) is 9.25. The number of thioether (sulfide) groups is 1. The van der Waals surface area contributed by atoms with Gasteiger partial charge in [-0.3, -0.25) is 14.7 Å². The van der Waals surface area contributed by atoms with Crippen LogP contribution < -0.4 is 5.32 Å². The van der Waals surface area contributed by atoms with Gasteiger partial charge in [-0.2, -0.15) is 0 Å². The molecule has 1 saturated heterocycles. The Kier molecular flexibility index (Phi) is 5.77. The minimum atomic E-state index is -0.0895. The Morgan fingerprint density at radius 1 is 1.29 bits per heavy atom. The van der Waals surface area contributed by atoms with Crippen LogP contribution in [0.25, 0.3) is 0 Å². The van der Waals surface area contributed by atoms with Crippen molar-refractivity contribution in [3.63, 3.8) is 0 Å². The van der Waals surface area contributed by atoms with Crippen LogP contribution >= 0.6 is 11.8 Å². The van der Waals surface area contributed by atoms with Gasteiger partial charge < -0.3 is 5.32 Å². The summed E-state index contributed by atoms with van der Waals surface area (Å²) >= 11 is 1.46. The molecule has 0 radical (unpaired) electrons. The van der Waals surface area contributed by atoms with Crippen LogP contribution in [0.15, 0.2) is 42.1 Å². The fraction of sp³-hybridized carbons (Fsp3) is 0.412. The molecule has 0 atom stereocenters. The molecule has 7 heteroatoms. The average molecular weight is 343 g/mol. The van der Waals surface area contributed by atoms with Crippen LogP contribution in [0.3, 0.4) is 0 Å². The van der Waals surface area contributed by atoms with E-state index in [1.807, 2.05) is 18.5 Å². The Bertz CT molecular complexity index is 656. The second-order valence-electron chi connectivity index (χ2n) is 5.84. The highest BCUT2D eigenvalue weighted by Crippen LogP contribution is 2.14. The van der Waals surface area contributed by atoms with E-state index in [1.54, 1.807) is 18.6 Å². The van der Waals surface area contributed by atoms with Gasteiger partial charge in [-0.25, -0.2) is 9.97 Å². The Hall–Kier alpha value is -1.99. The summed E-state index contributed by atoms with van der Waals surface area (Å²) in [6.07, 6.45) is 10.7. The number of hydrogen-bond acceptors (Lipinski definition) is 6. The molecule has 0 aliphatic carbocycles. The number of likely N-dealkylation sites (tertiary alicyclic amines) is 1. The zero-order valence-electron chi connectivity index (χ0n) is 13.7. The highest BCUT2D eigenvalue weighted by atomic mass is 32.2. The summed E-state index contributed by atoms with van der Waals surface area (Å²) in [5.74, 6) is -0.0895. The summed E-state index contributed by atoms with van der Waals surface area (Å²) in [4.78, 5) is 27.1. The van der Waals surface area contributed by atoms with Crippen LogP contribution in [0.5, 0.6) is 0 Å². The monoisotopic (exact) mass is 343 g/mol. The molecule has 3 rings (SSSR count). The molecule has 0 bridgehead atoms. The van der Waals surface area contributed by atoms with Crippen LogP contribution in [-0.4, -0.2) is 51.1 Å². The Balaban J connectivity index is 1.47. The van der Waals surface area contributed by atoms with Crippen molar-refractivity contribution < 1.29 is 4.79 Å². The van der Waals surface area contributed by atoms with E-state index >= 15 is 0 Å². The molecule has 1 aliphatic rings. The van der Waals surface area contributed by atoms with Crippen LogP contribution in [-0.2, 0) is 6.54 Å². The fourth-order valence-corrected chi connectivity index (χ4v) is 3.11. The van der Waals surface area contributed by atoms with E-state index in [0.717, 1.165) is 32.5 Å². The normalized spacial score (nSPS) is 16.0. The van der Waals surface area contributed by atoms with Crippen molar-refractivity contribution in [2.24, 2.45) is 0 Å². The molecule has 0 saturated carbocycles. The van der Waals surface area contributed by atoms with Crippen molar-refractivity contribution in [3.05, 3.63) is 48.0 Å². The number of rotatable bonds is 5. The number of nitrogens with zero attached hydrogens (tertiary/aromatic N) is 4. The predicted octanol–water partition coefficient (Wildman–Crippen LogP) is 1.99. The van der Waals surface area contributed by atoms with Crippen LogP contribution in [0.4, 0.5) is 0 Å². The smallest absolute Gasteiger partial charge is 0.254 e. The lowest BCUT2D eigenvalue weighted by Crippen LogP contribution is -2.44. The second-order valence-corrected chi connectivity index (χ2v) is 6.62. The quantitative estimate of drug-likeness (QED) is 0.661. The molecule has 1 fully saturated rings. The number of carbonyl (C=O) groups excluding carboxylic acids is 1. The van der Waals surface area contributed by atoms with E-state index in [4.69, 9.17) is 0 Å². The van der Waals surface area contributed by atoms with Gasteiger partial charge in [0, 0.05) is 50.5 Å². The number of pyridine rings is 1. The molecular weight excluding hydrogens is 322 g/mol. The minimum absolute atomic E-state index is 0.0895. The van der Waals surface area contributed by atoms with Crippen molar-refractivity contribution in [3.8, 4) is 0 Å². The predicted molar refractivity (Wildman–Crippen MR) is 93.8 cm³/mol. The molecule has 0 spiro atoms. The summed E-state index contributed by atoms with van der Waals surface area (Å²) in [7, 11) is 0. The van der Waals surface area contributed by atoms with E-state index in [-0.39, 0.29) is 11.9 Å². The number of aromatic nitrogens is 3. The molecule has 1 aliphatic heterocycles. The number of amides is 1. The van der Waals surface area contributed by atoms with Crippen LogP contribution in [0.2, 0.25) is 0 Å². The Morgan fingerprint density at radius 2 is 2.04 bits per heavy atom. The van der Waals surface area contributed by atoms with Gasteiger partial charge in [-0.15, -0.1) is 0 Å². The van der Waals surface area contributed by atoms with E-state index < -0.39 is 0 Å². The molecule has 1 amide bonds. The molecule has 1 N–H and O–H groups in total. The maximum absolute atomic E-state index is 12.3. The fourth-order valence-electron chi connectivity index (χ4n) is 2.79. The van der Waals surface area contributed by atoms with Gasteiger partial charge in [0.1, 0.15) is 0 Å². The van der Waals surface area contributed by atoms with E-state index in [1.165, 1.54) is 17.3 Å². The third-order valence-corrected chi connectivity index (χ3v) is 4.70. The standard InChI is InChI=1S/C17H21N5OS/c1-24-17-19-10-14(11-20-17)16(23)21-15-4-7-22(8-5-15)12-13-3-2-6-18-9-13/h2-3,6,9-11,15H,4-5,7-8,12H2,1H3,(H,21,23). The number of carbonyl (C=O) groups is 1. The third kappa shape index (κ3) is 4.52. The minimum Gasteiger partial charge on any atom is -0.349 e.